The molecule has 1 aliphatic rings. The van der Waals surface area contributed by atoms with Crippen LogP contribution in [0.1, 0.15) is 43.3 Å². The predicted octanol–water partition coefficient (Wildman–Crippen LogP) is 3.27. The Balaban J connectivity index is 1.93. The minimum atomic E-state index is -1.46. The van der Waals surface area contributed by atoms with E-state index in [0.717, 1.165) is 0 Å². The Labute approximate surface area is 150 Å². The molecule has 3 rings (SSSR count). The summed E-state index contributed by atoms with van der Waals surface area (Å²) in [7, 11) is 0. The van der Waals surface area contributed by atoms with E-state index in [1.165, 1.54) is 18.2 Å². The minimum Gasteiger partial charge on any atom is -0.479 e. The summed E-state index contributed by atoms with van der Waals surface area (Å²) in [5.41, 5.74) is -1.41. The van der Waals surface area contributed by atoms with Gasteiger partial charge in [0.25, 0.3) is 5.91 Å². The number of aliphatic carboxylic acids is 1. The third-order valence-corrected chi connectivity index (χ3v) is 5.56. The lowest BCUT2D eigenvalue weighted by atomic mass is 9.54. The van der Waals surface area contributed by atoms with E-state index in [1.807, 2.05) is 6.92 Å². The Hall–Kier alpha value is -2.41. The average molecular weight is 363 g/mol. The van der Waals surface area contributed by atoms with Gasteiger partial charge in [0.1, 0.15) is 16.9 Å². The van der Waals surface area contributed by atoms with Gasteiger partial charge in [-0.15, -0.1) is 0 Å². The first-order valence-electron chi connectivity index (χ1n) is 8.50. The minimum absolute atomic E-state index is 0.0121. The quantitative estimate of drug-likeness (QED) is 0.851. The number of hydrogen-bond acceptors (Lipinski definition) is 4. The summed E-state index contributed by atoms with van der Waals surface area (Å²) in [5.74, 6) is -2.20. The van der Waals surface area contributed by atoms with Crippen LogP contribution in [-0.4, -0.2) is 35.2 Å². The van der Waals surface area contributed by atoms with Crippen molar-refractivity contribution >= 4 is 22.8 Å². The summed E-state index contributed by atoms with van der Waals surface area (Å²) in [4.78, 5) is 24.8. The monoisotopic (exact) mass is 363 g/mol. The molecule has 6 nitrogen and oxygen atoms in total. The number of fused-ring (bicyclic) bond motifs is 1. The molecule has 2 aromatic rings. The van der Waals surface area contributed by atoms with Gasteiger partial charge in [-0.25, -0.2) is 9.18 Å². The molecule has 140 valence electrons. The first-order valence-corrected chi connectivity index (χ1v) is 8.50. The number of furan rings is 1. The zero-order valence-electron chi connectivity index (χ0n) is 15.2. The van der Waals surface area contributed by atoms with Crippen molar-refractivity contribution in [3.8, 4) is 0 Å². The maximum absolute atomic E-state index is 13.5. The zero-order chi connectivity index (χ0) is 19.3. The Kier molecular flexibility index (Phi) is 4.30. The highest BCUT2D eigenvalue weighted by molar-refractivity contribution is 6.01. The molecule has 0 saturated heterocycles. The van der Waals surface area contributed by atoms with Crippen LogP contribution in [0.4, 0.5) is 4.39 Å². The second-order valence-corrected chi connectivity index (χ2v) is 7.23. The smallest absolute Gasteiger partial charge is 0.330 e. The van der Waals surface area contributed by atoms with Crippen molar-refractivity contribution in [3.63, 3.8) is 0 Å². The summed E-state index contributed by atoms with van der Waals surface area (Å²) in [6.07, 6.45) is -0.0993. The van der Waals surface area contributed by atoms with Crippen LogP contribution >= 0.6 is 0 Å². The highest BCUT2D eigenvalue weighted by Gasteiger charge is 2.66. The van der Waals surface area contributed by atoms with Gasteiger partial charge in [0.15, 0.2) is 5.76 Å². The van der Waals surface area contributed by atoms with Gasteiger partial charge < -0.3 is 19.6 Å². The fourth-order valence-corrected chi connectivity index (χ4v) is 3.70. The van der Waals surface area contributed by atoms with Crippen molar-refractivity contribution in [2.24, 2.45) is 5.41 Å². The first kappa shape index (κ1) is 18.4. The van der Waals surface area contributed by atoms with Gasteiger partial charge in [0.05, 0.1) is 6.10 Å². The molecule has 1 fully saturated rings. The molecule has 2 unspecified atom stereocenters. The van der Waals surface area contributed by atoms with Crippen molar-refractivity contribution in [2.75, 3.05) is 6.61 Å². The standard InChI is InChI=1S/C19H22FNO5/c1-5-25-14-9-19(17(23)24,18(14,3)4)21-16(22)15-10(2)12-8-11(20)6-7-13(12)26-15/h6-8,14H,5,9H2,1-4H3,(H,21,22)(H,23,24). The normalized spacial score (nSPS) is 24.3. The van der Waals surface area contributed by atoms with Gasteiger partial charge in [-0.2, -0.15) is 0 Å². The Bertz CT molecular complexity index is 887. The molecule has 2 N–H and O–H groups in total. The Morgan fingerprint density at radius 2 is 2.12 bits per heavy atom. The predicted molar refractivity (Wildman–Crippen MR) is 92.6 cm³/mol. The lowest BCUT2D eigenvalue weighted by molar-refractivity contribution is -0.190. The van der Waals surface area contributed by atoms with Crippen molar-refractivity contribution in [3.05, 3.63) is 35.3 Å². The maximum atomic E-state index is 13.5. The maximum Gasteiger partial charge on any atom is 0.330 e. The number of nitrogens with one attached hydrogen (secondary N) is 1. The van der Waals surface area contributed by atoms with Crippen LogP contribution in [-0.2, 0) is 9.53 Å². The number of halogens is 1. The molecule has 1 aromatic carbocycles. The molecule has 7 heteroatoms. The molecule has 1 amide bonds. The molecule has 0 spiro atoms. The number of carboxylic acid groups (broad SMARTS) is 1. The number of ether oxygens (including phenoxy) is 1. The molecule has 1 heterocycles. The van der Waals surface area contributed by atoms with E-state index in [4.69, 9.17) is 9.15 Å². The third kappa shape index (κ3) is 2.49. The summed E-state index contributed by atoms with van der Waals surface area (Å²) >= 11 is 0. The van der Waals surface area contributed by atoms with E-state index in [0.29, 0.717) is 23.1 Å². The lowest BCUT2D eigenvalue weighted by Gasteiger charge is -2.58. The van der Waals surface area contributed by atoms with Crippen LogP contribution in [0.3, 0.4) is 0 Å². The van der Waals surface area contributed by atoms with Gasteiger partial charge >= 0.3 is 5.97 Å². The van der Waals surface area contributed by atoms with E-state index >= 15 is 0 Å². The van der Waals surface area contributed by atoms with Gasteiger partial charge in [0, 0.05) is 29.4 Å². The molecule has 26 heavy (non-hydrogen) atoms. The summed E-state index contributed by atoms with van der Waals surface area (Å²) in [6, 6.07) is 3.98. The second-order valence-electron chi connectivity index (χ2n) is 7.23. The van der Waals surface area contributed by atoms with Crippen molar-refractivity contribution in [1.29, 1.82) is 0 Å². The SMILES string of the molecule is CCOC1CC(NC(=O)c2oc3ccc(F)cc3c2C)(C(=O)O)C1(C)C. The van der Waals surface area contributed by atoms with E-state index < -0.39 is 28.6 Å². The second kappa shape index (κ2) is 6.09. The largest absolute Gasteiger partial charge is 0.479 e. The number of benzene rings is 1. The number of amides is 1. The van der Waals surface area contributed by atoms with Gasteiger partial charge in [-0.05, 0) is 32.0 Å². The third-order valence-electron chi connectivity index (χ3n) is 5.56. The molecule has 0 aliphatic heterocycles. The molecule has 2 atom stereocenters. The zero-order valence-corrected chi connectivity index (χ0v) is 15.2. The fourth-order valence-electron chi connectivity index (χ4n) is 3.70. The summed E-state index contributed by atoms with van der Waals surface area (Å²) in [5, 5.41) is 12.9. The molecular weight excluding hydrogens is 341 g/mol. The number of hydrogen-bond donors (Lipinski definition) is 2. The van der Waals surface area contributed by atoms with Gasteiger partial charge in [-0.3, -0.25) is 4.79 Å². The summed E-state index contributed by atoms with van der Waals surface area (Å²) in [6.45, 7) is 7.46. The molecule has 1 aromatic heterocycles. The summed E-state index contributed by atoms with van der Waals surface area (Å²) < 4.78 is 24.6. The molecule has 0 radical (unpaired) electrons. The average Bonchev–Trinajstić information content (AvgIpc) is 2.90. The van der Waals surface area contributed by atoms with Crippen LogP contribution < -0.4 is 5.32 Å². The number of rotatable bonds is 5. The number of carbonyl (C=O) groups is 2. The molecule has 1 saturated carbocycles. The number of carboxylic acids is 1. The van der Waals surface area contributed by atoms with Crippen LogP contribution in [0.2, 0.25) is 0 Å². The number of aryl methyl sites for hydroxylation is 1. The molecular formula is C19H22FNO5. The number of carbonyl (C=O) groups excluding carboxylic acids is 1. The highest BCUT2D eigenvalue weighted by atomic mass is 19.1. The van der Waals surface area contributed by atoms with E-state index in [1.54, 1.807) is 20.8 Å². The Morgan fingerprint density at radius 3 is 2.69 bits per heavy atom. The van der Waals surface area contributed by atoms with Crippen LogP contribution in [0, 0.1) is 18.2 Å². The van der Waals surface area contributed by atoms with E-state index in [-0.39, 0.29) is 18.3 Å². The van der Waals surface area contributed by atoms with Crippen molar-refractivity contribution in [1.82, 2.24) is 5.32 Å². The fraction of sp³-hybridized carbons (Fsp3) is 0.474. The van der Waals surface area contributed by atoms with Crippen LogP contribution in [0.25, 0.3) is 11.0 Å². The lowest BCUT2D eigenvalue weighted by Crippen LogP contribution is -2.76. The topological polar surface area (TPSA) is 88.8 Å². The van der Waals surface area contributed by atoms with Crippen LogP contribution in [0.15, 0.2) is 22.6 Å². The van der Waals surface area contributed by atoms with E-state index in [9.17, 15) is 19.1 Å². The molecule has 0 bridgehead atoms. The van der Waals surface area contributed by atoms with Gasteiger partial charge in [-0.1, -0.05) is 13.8 Å². The van der Waals surface area contributed by atoms with Crippen LogP contribution in [0.5, 0.6) is 0 Å². The van der Waals surface area contributed by atoms with Crippen molar-refractivity contribution < 1.29 is 28.2 Å². The van der Waals surface area contributed by atoms with Gasteiger partial charge in [0.2, 0.25) is 0 Å². The first-order chi connectivity index (χ1) is 12.1. The Morgan fingerprint density at radius 1 is 1.42 bits per heavy atom. The highest BCUT2D eigenvalue weighted by Crippen LogP contribution is 2.51. The van der Waals surface area contributed by atoms with E-state index in [2.05, 4.69) is 5.32 Å². The van der Waals surface area contributed by atoms with Crippen molar-refractivity contribution in [2.45, 2.75) is 45.8 Å². The molecule has 1 aliphatic carbocycles.